The topological polar surface area (TPSA) is 134 Å². The van der Waals surface area contributed by atoms with Crippen molar-refractivity contribution in [3.63, 3.8) is 0 Å². The van der Waals surface area contributed by atoms with E-state index in [1.54, 1.807) is 0 Å². The Labute approximate surface area is 144 Å². The number of methoxy groups -OCH3 is 1. The van der Waals surface area contributed by atoms with Gasteiger partial charge in [-0.05, 0) is 18.9 Å². The van der Waals surface area contributed by atoms with Crippen molar-refractivity contribution in [1.82, 2.24) is 5.43 Å². The summed E-state index contributed by atoms with van der Waals surface area (Å²) in [4.78, 5) is 22.1. The molecule has 1 amide bonds. The Bertz CT molecular complexity index is 683. The van der Waals surface area contributed by atoms with Crippen molar-refractivity contribution in [2.75, 3.05) is 7.11 Å². The number of aromatic hydroxyl groups is 1. The fraction of sp³-hybridized carbons (Fsp3) is 0.500. The number of aliphatic hydroxyl groups is 1. The molecule has 1 aromatic rings. The van der Waals surface area contributed by atoms with Crippen LogP contribution >= 0.6 is 0 Å². The van der Waals surface area contributed by atoms with Gasteiger partial charge in [0.2, 0.25) is 11.7 Å². The second kappa shape index (κ2) is 7.93. The first-order valence-corrected chi connectivity index (χ1v) is 7.94. The molecule has 1 aliphatic carbocycles. The van der Waals surface area contributed by atoms with Gasteiger partial charge in [0.05, 0.1) is 30.3 Å². The van der Waals surface area contributed by atoms with Crippen molar-refractivity contribution in [2.24, 2.45) is 5.10 Å². The molecule has 1 aromatic carbocycles. The van der Waals surface area contributed by atoms with Gasteiger partial charge in [0, 0.05) is 11.6 Å². The summed E-state index contributed by atoms with van der Waals surface area (Å²) in [6.45, 7) is 0. The van der Waals surface area contributed by atoms with Crippen LogP contribution in [0.4, 0.5) is 5.69 Å². The summed E-state index contributed by atoms with van der Waals surface area (Å²) >= 11 is 0. The zero-order valence-corrected chi connectivity index (χ0v) is 13.9. The van der Waals surface area contributed by atoms with E-state index in [0.29, 0.717) is 12.8 Å². The van der Waals surface area contributed by atoms with Crippen LogP contribution in [0.3, 0.4) is 0 Å². The van der Waals surface area contributed by atoms with Gasteiger partial charge in [-0.2, -0.15) is 5.10 Å². The maximum absolute atomic E-state index is 11.9. The number of hydrogen-bond donors (Lipinski definition) is 3. The molecule has 0 radical (unpaired) electrons. The third kappa shape index (κ3) is 4.90. The summed E-state index contributed by atoms with van der Waals surface area (Å²) in [5.41, 5.74) is 1.07. The molecule has 0 aromatic heterocycles. The van der Waals surface area contributed by atoms with E-state index in [-0.39, 0.29) is 17.7 Å². The first-order valence-electron chi connectivity index (χ1n) is 7.94. The molecule has 0 spiro atoms. The molecular formula is C16H21N3O6. The van der Waals surface area contributed by atoms with E-state index in [9.17, 15) is 25.1 Å². The number of ether oxygens (including phenoxy) is 1. The van der Waals surface area contributed by atoms with Crippen molar-refractivity contribution in [1.29, 1.82) is 0 Å². The molecule has 3 N–H and O–H groups in total. The highest BCUT2D eigenvalue weighted by atomic mass is 16.6. The van der Waals surface area contributed by atoms with Crippen LogP contribution in [0.15, 0.2) is 17.2 Å². The molecule has 25 heavy (non-hydrogen) atoms. The van der Waals surface area contributed by atoms with Gasteiger partial charge in [-0.15, -0.1) is 0 Å². The number of nitrogens with one attached hydrogen (secondary N) is 1. The van der Waals surface area contributed by atoms with Crippen molar-refractivity contribution in [3.05, 3.63) is 27.8 Å². The van der Waals surface area contributed by atoms with Crippen LogP contribution < -0.4 is 10.2 Å². The van der Waals surface area contributed by atoms with E-state index in [0.717, 1.165) is 25.3 Å². The second-order valence-corrected chi connectivity index (χ2v) is 6.10. The normalized spacial score (nSPS) is 16.6. The van der Waals surface area contributed by atoms with Gasteiger partial charge < -0.3 is 14.9 Å². The molecule has 1 saturated carbocycles. The molecule has 0 atom stereocenters. The number of benzene rings is 1. The Morgan fingerprint density at radius 3 is 2.72 bits per heavy atom. The first kappa shape index (κ1) is 18.7. The van der Waals surface area contributed by atoms with E-state index in [4.69, 9.17) is 4.74 Å². The smallest absolute Gasteiger partial charge is 0.315 e. The van der Waals surface area contributed by atoms with Crippen molar-refractivity contribution in [3.8, 4) is 11.5 Å². The van der Waals surface area contributed by atoms with Crippen molar-refractivity contribution >= 4 is 17.8 Å². The van der Waals surface area contributed by atoms with Crippen LogP contribution in [0.1, 0.15) is 44.1 Å². The Morgan fingerprint density at radius 2 is 2.12 bits per heavy atom. The summed E-state index contributed by atoms with van der Waals surface area (Å²) in [6, 6.07) is 2.47. The molecule has 0 heterocycles. The number of nitrogens with zero attached hydrogens (tertiary/aromatic N) is 2. The lowest BCUT2D eigenvalue weighted by molar-refractivity contribution is -0.386. The van der Waals surface area contributed by atoms with Gasteiger partial charge in [0.25, 0.3) is 0 Å². The van der Waals surface area contributed by atoms with E-state index in [2.05, 4.69) is 10.5 Å². The standard InChI is InChI=1S/C16H21N3O6/c1-25-13-8-11(7-12(15(13)21)19(23)24)10-17-18-14(20)9-16(22)5-3-2-4-6-16/h7-8,10,21-22H,2-6,9H2,1H3,(H,18,20)/b17-10-. The Hall–Kier alpha value is -2.68. The number of amides is 1. The van der Waals surface area contributed by atoms with Crippen LogP contribution in [0.25, 0.3) is 0 Å². The fourth-order valence-electron chi connectivity index (χ4n) is 2.89. The SMILES string of the molecule is COc1cc(/C=N\NC(=O)CC2(O)CCCCC2)cc([N+](=O)[O-])c1O. The molecular weight excluding hydrogens is 330 g/mol. The summed E-state index contributed by atoms with van der Waals surface area (Å²) in [7, 11) is 1.27. The van der Waals surface area contributed by atoms with Crippen LogP contribution in [0, 0.1) is 10.1 Å². The molecule has 136 valence electrons. The number of hydrazone groups is 1. The summed E-state index contributed by atoms with van der Waals surface area (Å²) < 4.78 is 4.88. The minimum absolute atomic E-state index is 0.0383. The molecule has 1 fully saturated rings. The maximum atomic E-state index is 11.9. The molecule has 9 nitrogen and oxygen atoms in total. The number of hydrogen-bond acceptors (Lipinski definition) is 7. The monoisotopic (exact) mass is 351 g/mol. The average Bonchev–Trinajstić information content (AvgIpc) is 2.56. The minimum Gasteiger partial charge on any atom is -0.500 e. The minimum atomic E-state index is -0.988. The molecule has 0 unspecified atom stereocenters. The molecule has 1 aliphatic rings. The number of phenolic OH excluding ortho intramolecular Hbond substituents is 1. The highest BCUT2D eigenvalue weighted by molar-refractivity contribution is 5.85. The predicted octanol–water partition coefficient (Wildman–Crippen LogP) is 1.84. The number of carbonyl (C=O) groups is 1. The summed E-state index contributed by atoms with van der Waals surface area (Å²) in [5.74, 6) is -1.08. The molecule has 9 heteroatoms. The highest BCUT2D eigenvalue weighted by Gasteiger charge is 2.31. The zero-order valence-electron chi connectivity index (χ0n) is 13.9. The van der Waals surface area contributed by atoms with E-state index in [1.807, 2.05) is 0 Å². The van der Waals surface area contributed by atoms with Crippen LogP contribution in [0.2, 0.25) is 0 Å². The Balaban J connectivity index is 2.02. The third-order valence-electron chi connectivity index (χ3n) is 4.17. The quantitative estimate of drug-likeness (QED) is 0.407. The molecule has 2 rings (SSSR count). The number of carbonyl (C=O) groups excluding carboxylic acids is 1. The lowest BCUT2D eigenvalue weighted by Gasteiger charge is -2.31. The van der Waals surface area contributed by atoms with Crippen LogP contribution in [-0.2, 0) is 4.79 Å². The second-order valence-electron chi connectivity index (χ2n) is 6.10. The number of nitro groups is 1. The highest BCUT2D eigenvalue weighted by Crippen LogP contribution is 2.36. The van der Waals surface area contributed by atoms with Gasteiger partial charge in [-0.25, -0.2) is 5.43 Å². The summed E-state index contributed by atoms with van der Waals surface area (Å²) in [5, 5.41) is 34.7. The third-order valence-corrected chi connectivity index (χ3v) is 4.17. The average molecular weight is 351 g/mol. The Kier molecular flexibility index (Phi) is 5.92. The molecule has 0 saturated heterocycles. The van der Waals surface area contributed by atoms with Crippen molar-refractivity contribution < 1.29 is 24.7 Å². The fourth-order valence-corrected chi connectivity index (χ4v) is 2.89. The van der Waals surface area contributed by atoms with Crippen LogP contribution in [0.5, 0.6) is 11.5 Å². The van der Waals surface area contributed by atoms with Gasteiger partial charge in [-0.3, -0.25) is 14.9 Å². The molecule has 0 bridgehead atoms. The zero-order chi connectivity index (χ0) is 18.4. The van der Waals surface area contributed by atoms with Gasteiger partial charge in [-0.1, -0.05) is 19.3 Å². The van der Waals surface area contributed by atoms with E-state index >= 15 is 0 Å². The number of rotatable bonds is 6. The van der Waals surface area contributed by atoms with Crippen molar-refractivity contribution in [2.45, 2.75) is 44.1 Å². The first-order chi connectivity index (χ1) is 11.8. The Morgan fingerprint density at radius 1 is 1.44 bits per heavy atom. The van der Waals surface area contributed by atoms with E-state index in [1.165, 1.54) is 19.4 Å². The van der Waals surface area contributed by atoms with Gasteiger partial charge in [0.1, 0.15) is 0 Å². The van der Waals surface area contributed by atoms with Gasteiger partial charge >= 0.3 is 5.69 Å². The lowest BCUT2D eigenvalue weighted by Crippen LogP contribution is -2.37. The van der Waals surface area contributed by atoms with Crippen LogP contribution in [-0.4, -0.2) is 40.0 Å². The number of phenols is 1. The summed E-state index contributed by atoms with van der Waals surface area (Å²) in [6.07, 6.45) is 5.19. The lowest BCUT2D eigenvalue weighted by atomic mass is 9.82. The largest absolute Gasteiger partial charge is 0.500 e. The predicted molar refractivity (Wildman–Crippen MR) is 89.7 cm³/mol. The van der Waals surface area contributed by atoms with Gasteiger partial charge in [0.15, 0.2) is 5.75 Å². The maximum Gasteiger partial charge on any atom is 0.315 e. The molecule has 0 aliphatic heterocycles. The number of nitro benzene ring substituents is 1. The van der Waals surface area contributed by atoms with E-state index < -0.39 is 27.9 Å².